The molecule has 0 aromatic carbocycles. The lowest BCUT2D eigenvalue weighted by atomic mass is 10.5. The number of amides is 1. The molecule has 3 rings (SSSR count). The predicted octanol–water partition coefficient (Wildman–Crippen LogP) is 1.19. The van der Waals surface area contributed by atoms with E-state index in [0.717, 1.165) is 5.52 Å². The van der Waals surface area contributed by atoms with Gasteiger partial charge in [0.05, 0.1) is 24.6 Å². The molecule has 9 heteroatoms. The third-order valence-electron chi connectivity index (χ3n) is 2.45. The zero-order valence-corrected chi connectivity index (χ0v) is 11.5. The second kappa shape index (κ2) is 6.18. The molecule has 2 N–H and O–H groups in total. The van der Waals surface area contributed by atoms with Gasteiger partial charge >= 0.3 is 0 Å². The molecule has 0 unspecified atom stereocenters. The molecule has 106 valence electrons. The van der Waals surface area contributed by atoms with E-state index in [9.17, 15) is 4.79 Å². The Labute approximate surface area is 123 Å². The van der Waals surface area contributed by atoms with Crippen LogP contribution in [0.5, 0.6) is 0 Å². The number of hydrogen-bond acceptors (Lipinski definition) is 7. The van der Waals surface area contributed by atoms with E-state index < -0.39 is 0 Å². The topological polar surface area (TPSA) is 109 Å². The minimum Gasteiger partial charge on any atom is -0.463 e. The van der Waals surface area contributed by atoms with E-state index in [0.29, 0.717) is 16.4 Å². The van der Waals surface area contributed by atoms with Crippen molar-refractivity contribution in [1.82, 2.24) is 25.4 Å². The average molecular weight is 302 g/mol. The van der Waals surface area contributed by atoms with Crippen LogP contribution < -0.4 is 5.43 Å². The van der Waals surface area contributed by atoms with Crippen molar-refractivity contribution in [3.05, 3.63) is 36.8 Å². The number of rotatable bonds is 5. The SMILES string of the molecule is O=C(CSc1ncnc2nc[nH]c12)NN=Cc1ccco1. The van der Waals surface area contributed by atoms with E-state index in [1.54, 1.807) is 12.1 Å². The number of nitrogens with zero attached hydrogens (tertiary/aromatic N) is 4. The van der Waals surface area contributed by atoms with E-state index in [2.05, 4.69) is 30.5 Å². The van der Waals surface area contributed by atoms with Gasteiger partial charge in [-0.05, 0) is 12.1 Å². The normalized spacial score (nSPS) is 11.2. The zero-order chi connectivity index (χ0) is 14.5. The third kappa shape index (κ3) is 3.26. The molecule has 8 nitrogen and oxygen atoms in total. The highest BCUT2D eigenvalue weighted by atomic mass is 32.2. The molecule has 1 amide bonds. The van der Waals surface area contributed by atoms with Crippen LogP contribution in [-0.2, 0) is 4.79 Å². The van der Waals surface area contributed by atoms with Crippen LogP contribution in [0.3, 0.4) is 0 Å². The standard InChI is InChI=1S/C12H10N6O2S/c19-9(18-17-4-8-2-1-3-20-8)5-21-12-10-11(14-6-13-10)15-7-16-12/h1-4,6-7H,5H2,(H,18,19)(H,13,14,15,16). The number of H-pyrrole nitrogens is 1. The van der Waals surface area contributed by atoms with Crippen molar-refractivity contribution in [3.63, 3.8) is 0 Å². The fourth-order valence-electron chi connectivity index (χ4n) is 1.55. The Kier molecular flexibility index (Phi) is 3.92. The molecule has 3 heterocycles. The number of hydrazone groups is 1. The summed E-state index contributed by atoms with van der Waals surface area (Å²) in [7, 11) is 0. The van der Waals surface area contributed by atoms with Gasteiger partial charge in [-0.15, -0.1) is 0 Å². The maximum atomic E-state index is 11.7. The third-order valence-corrected chi connectivity index (χ3v) is 3.44. The highest BCUT2D eigenvalue weighted by molar-refractivity contribution is 8.00. The molecule has 0 atom stereocenters. The molecule has 0 aliphatic carbocycles. The van der Waals surface area contributed by atoms with Crippen molar-refractivity contribution >= 4 is 35.0 Å². The molecule has 0 radical (unpaired) electrons. The highest BCUT2D eigenvalue weighted by Crippen LogP contribution is 2.21. The Bertz CT molecular complexity index is 767. The molecular weight excluding hydrogens is 292 g/mol. The number of hydrogen-bond donors (Lipinski definition) is 2. The minimum atomic E-state index is -0.242. The summed E-state index contributed by atoms with van der Waals surface area (Å²) in [6.07, 6.45) is 5.92. The number of aromatic amines is 1. The van der Waals surface area contributed by atoms with Gasteiger partial charge < -0.3 is 9.40 Å². The Morgan fingerprint density at radius 1 is 1.48 bits per heavy atom. The smallest absolute Gasteiger partial charge is 0.250 e. The summed E-state index contributed by atoms with van der Waals surface area (Å²) in [5, 5.41) is 4.46. The van der Waals surface area contributed by atoms with Gasteiger partial charge in [0.2, 0.25) is 5.91 Å². The molecule has 3 aromatic rings. The van der Waals surface area contributed by atoms with Crippen LogP contribution >= 0.6 is 11.8 Å². The van der Waals surface area contributed by atoms with Crippen molar-refractivity contribution in [2.45, 2.75) is 5.03 Å². The molecule has 0 bridgehead atoms. The van der Waals surface area contributed by atoms with Gasteiger partial charge in [0.15, 0.2) is 5.65 Å². The molecule has 0 saturated heterocycles. The predicted molar refractivity (Wildman–Crippen MR) is 76.9 cm³/mol. The number of imidazole rings is 1. The lowest BCUT2D eigenvalue weighted by Gasteiger charge is -2.00. The second-order valence-corrected chi connectivity index (χ2v) is 4.84. The van der Waals surface area contributed by atoms with E-state index in [1.807, 2.05) is 0 Å². The number of carbonyl (C=O) groups is 1. The van der Waals surface area contributed by atoms with E-state index in [4.69, 9.17) is 4.42 Å². The zero-order valence-electron chi connectivity index (χ0n) is 10.7. The Hall–Kier alpha value is -2.68. The average Bonchev–Trinajstić information content (AvgIpc) is 3.16. The number of furan rings is 1. The largest absolute Gasteiger partial charge is 0.463 e. The van der Waals surface area contributed by atoms with Gasteiger partial charge in [0.1, 0.15) is 22.6 Å². The van der Waals surface area contributed by atoms with Crippen molar-refractivity contribution in [2.24, 2.45) is 5.10 Å². The molecule has 3 aromatic heterocycles. The van der Waals surface area contributed by atoms with Crippen LogP contribution in [0.25, 0.3) is 11.2 Å². The van der Waals surface area contributed by atoms with Crippen LogP contribution in [0.4, 0.5) is 0 Å². The Morgan fingerprint density at radius 2 is 2.43 bits per heavy atom. The molecule has 0 saturated carbocycles. The fourth-order valence-corrected chi connectivity index (χ4v) is 2.30. The van der Waals surface area contributed by atoms with Gasteiger partial charge in [-0.3, -0.25) is 4.79 Å². The summed E-state index contributed by atoms with van der Waals surface area (Å²) >= 11 is 1.28. The maximum Gasteiger partial charge on any atom is 0.250 e. The fraction of sp³-hybridized carbons (Fsp3) is 0.0833. The van der Waals surface area contributed by atoms with Gasteiger partial charge in [0.25, 0.3) is 0 Å². The lowest BCUT2D eigenvalue weighted by molar-refractivity contribution is -0.118. The minimum absolute atomic E-state index is 0.181. The van der Waals surface area contributed by atoms with E-state index >= 15 is 0 Å². The van der Waals surface area contributed by atoms with Crippen molar-refractivity contribution in [1.29, 1.82) is 0 Å². The number of carbonyl (C=O) groups excluding carboxylic acids is 1. The van der Waals surface area contributed by atoms with Crippen molar-refractivity contribution in [3.8, 4) is 0 Å². The number of thioether (sulfide) groups is 1. The van der Waals surface area contributed by atoms with Crippen molar-refractivity contribution < 1.29 is 9.21 Å². The van der Waals surface area contributed by atoms with Gasteiger partial charge in [-0.2, -0.15) is 5.10 Å². The Morgan fingerprint density at radius 3 is 3.29 bits per heavy atom. The quantitative estimate of drug-likeness (QED) is 0.317. The molecule has 0 fully saturated rings. The second-order valence-electron chi connectivity index (χ2n) is 3.88. The lowest BCUT2D eigenvalue weighted by Crippen LogP contribution is -2.19. The summed E-state index contributed by atoms with van der Waals surface area (Å²) in [4.78, 5) is 26.8. The van der Waals surface area contributed by atoms with Crippen LogP contribution in [-0.4, -0.2) is 37.8 Å². The van der Waals surface area contributed by atoms with Crippen LogP contribution in [0.1, 0.15) is 5.76 Å². The summed E-state index contributed by atoms with van der Waals surface area (Å²) in [6.45, 7) is 0. The van der Waals surface area contributed by atoms with E-state index in [1.165, 1.54) is 36.9 Å². The van der Waals surface area contributed by atoms with Gasteiger partial charge in [0, 0.05) is 0 Å². The van der Waals surface area contributed by atoms with Crippen LogP contribution in [0.15, 0.2) is 45.6 Å². The maximum absolute atomic E-state index is 11.7. The molecule has 0 aliphatic rings. The van der Waals surface area contributed by atoms with Crippen LogP contribution in [0.2, 0.25) is 0 Å². The first-order valence-corrected chi connectivity index (χ1v) is 6.94. The van der Waals surface area contributed by atoms with Gasteiger partial charge in [-0.1, -0.05) is 11.8 Å². The van der Waals surface area contributed by atoms with Gasteiger partial charge in [-0.25, -0.2) is 20.4 Å². The number of fused-ring (bicyclic) bond motifs is 1. The van der Waals surface area contributed by atoms with E-state index in [-0.39, 0.29) is 11.7 Å². The van der Waals surface area contributed by atoms with Crippen molar-refractivity contribution in [2.75, 3.05) is 5.75 Å². The highest BCUT2D eigenvalue weighted by Gasteiger charge is 2.08. The molecule has 0 spiro atoms. The summed E-state index contributed by atoms with van der Waals surface area (Å²) in [5.41, 5.74) is 3.70. The Balaban J connectivity index is 1.55. The molecular formula is C12H10N6O2S. The summed E-state index contributed by atoms with van der Waals surface area (Å²) in [6, 6.07) is 3.48. The summed E-state index contributed by atoms with van der Waals surface area (Å²) in [5.74, 6) is 0.507. The monoisotopic (exact) mass is 302 g/mol. The summed E-state index contributed by atoms with van der Waals surface area (Å²) < 4.78 is 5.05. The number of aromatic nitrogens is 4. The number of nitrogens with one attached hydrogen (secondary N) is 2. The molecule has 21 heavy (non-hydrogen) atoms. The van der Waals surface area contributed by atoms with Crippen LogP contribution in [0, 0.1) is 0 Å². The first kappa shape index (κ1) is 13.3. The first-order chi connectivity index (χ1) is 10.3. The first-order valence-electron chi connectivity index (χ1n) is 5.95. The molecule has 0 aliphatic heterocycles.